The van der Waals surface area contributed by atoms with Gasteiger partial charge in [-0.05, 0) is 22.4 Å². The van der Waals surface area contributed by atoms with E-state index >= 15 is 0 Å². The maximum Gasteiger partial charge on any atom is 0.283 e. The second kappa shape index (κ2) is 6.68. The zero-order chi connectivity index (χ0) is 12.8. The zero-order valence-electron chi connectivity index (χ0n) is 9.42. The topological polar surface area (TPSA) is 46.9 Å². The van der Waals surface area contributed by atoms with Gasteiger partial charge < -0.3 is 5.32 Å². The van der Waals surface area contributed by atoms with Crippen molar-refractivity contribution in [3.05, 3.63) is 21.0 Å². The molecule has 1 aromatic heterocycles. The van der Waals surface area contributed by atoms with E-state index in [1.807, 2.05) is 6.92 Å². The fourth-order valence-electron chi connectivity index (χ4n) is 1.24. The average Bonchev–Trinajstić information content (AvgIpc) is 2.29. The van der Waals surface area contributed by atoms with Crippen molar-refractivity contribution in [2.45, 2.75) is 32.7 Å². The van der Waals surface area contributed by atoms with E-state index in [-0.39, 0.29) is 10.0 Å². The van der Waals surface area contributed by atoms with Crippen LogP contribution < -0.4 is 10.9 Å². The standard InChI is InChI=1S/C10H14BrF2N3O/c1-2-3-4-16-10(17)9(11)7(5-15-16)14-6-8(12)13/h5,8,14H,2-4,6H2,1H3. The van der Waals surface area contributed by atoms with Crippen molar-refractivity contribution in [3.63, 3.8) is 0 Å². The summed E-state index contributed by atoms with van der Waals surface area (Å²) in [6.07, 6.45) is 0.716. The number of hydrogen-bond acceptors (Lipinski definition) is 3. The van der Waals surface area contributed by atoms with Crippen molar-refractivity contribution in [3.8, 4) is 0 Å². The van der Waals surface area contributed by atoms with Crippen molar-refractivity contribution >= 4 is 21.6 Å². The van der Waals surface area contributed by atoms with E-state index in [4.69, 9.17) is 0 Å². The Kier molecular flexibility index (Phi) is 5.54. The Labute approximate surface area is 106 Å². The summed E-state index contributed by atoms with van der Waals surface area (Å²) in [4.78, 5) is 11.8. The molecule has 0 radical (unpaired) electrons. The van der Waals surface area contributed by atoms with Gasteiger partial charge in [-0.25, -0.2) is 13.5 Å². The molecule has 0 saturated heterocycles. The molecule has 0 aromatic carbocycles. The average molecular weight is 310 g/mol. The van der Waals surface area contributed by atoms with E-state index in [2.05, 4.69) is 26.3 Å². The Hall–Kier alpha value is -0.980. The number of rotatable bonds is 6. The number of unbranched alkanes of at least 4 members (excludes halogenated alkanes) is 1. The molecule has 0 aliphatic rings. The Bertz CT molecular complexity index is 423. The largest absolute Gasteiger partial charge is 0.377 e. The van der Waals surface area contributed by atoms with Crippen LogP contribution in [-0.4, -0.2) is 22.8 Å². The first-order chi connectivity index (χ1) is 8.06. The number of halogens is 3. The first-order valence-electron chi connectivity index (χ1n) is 5.34. The third kappa shape index (κ3) is 4.07. The fraction of sp³-hybridized carbons (Fsp3) is 0.600. The molecule has 1 rings (SSSR count). The lowest BCUT2D eigenvalue weighted by Crippen LogP contribution is -2.25. The summed E-state index contributed by atoms with van der Waals surface area (Å²) in [5, 5.41) is 6.39. The summed E-state index contributed by atoms with van der Waals surface area (Å²) in [5.74, 6) is 0. The second-order valence-electron chi connectivity index (χ2n) is 3.53. The fourth-order valence-corrected chi connectivity index (χ4v) is 1.69. The molecule has 96 valence electrons. The quantitative estimate of drug-likeness (QED) is 0.878. The highest BCUT2D eigenvalue weighted by molar-refractivity contribution is 9.10. The van der Waals surface area contributed by atoms with Crippen molar-refractivity contribution in [1.82, 2.24) is 9.78 Å². The van der Waals surface area contributed by atoms with Crippen LogP contribution in [0.25, 0.3) is 0 Å². The Morgan fingerprint density at radius 3 is 2.88 bits per heavy atom. The van der Waals surface area contributed by atoms with Gasteiger partial charge in [0, 0.05) is 6.54 Å². The molecule has 0 spiro atoms. The number of nitrogens with zero attached hydrogens (tertiary/aromatic N) is 2. The van der Waals surface area contributed by atoms with E-state index in [0.717, 1.165) is 12.8 Å². The monoisotopic (exact) mass is 309 g/mol. The van der Waals surface area contributed by atoms with E-state index < -0.39 is 13.0 Å². The summed E-state index contributed by atoms with van der Waals surface area (Å²) in [7, 11) is 0. The Morgan fingerprint density at radius 1 is 1.59 bits per heavy atom. The van der Waals surface area contributed by atoms with Crippen molar-refractivity contribution in [2.24, 2.45) is 0 Å². The smallest absolute Gasteiger partial charge is 0.283 e. The van der Waals surface area contributed by atoms with Crippen LogP contribution in [0, 0.1) is 0 Å². The molecule has 0 unspecified atom stereocenters. The predicted octanol–water partition coefficient (Wildman–Crippen LogP) is 2.48. The summed E-state index contributed by atoms with van der Waals surface area (Å²) >= 11 is 3.09. The lowest BCUT2D eigenvalue weighted by atomic mass is 10.3. The molecule has 4 nitrogen and oxygen atoms in total. The molecular weight excluding hydrogens is 296 g/mol. The highest BCUT2D eigenvalue weighted by Gasteiger charge is 2.10. The molecule has 0 fully saturated rings. The van der Waals surface area contributed by atoms with Gasteiger partial charge in [-0.1, -0.05) is 13.3 Å². The van der Waals surface area contributed by atoms with Gasteiger partial charge in [-0.15, -0.1) is 0 Å². The van der Waals surface area contributed by atoms with Crippen LogP contribution in [0.15, 0.2) is 15.5 Å². The highest BCUT2D eigenvalue weighted by Crippen LogP contribution is 2.16. The molecule has 0 atom stereocenters. The highest BCUT2D eigenvalue weighted by atomic mass is 79.9. The molecule has 0 aliphatic carbocycles. The molecule has 0 saturated carbocycles. The number of aryl methyl sites for hydroxylation is 1. The van der Waals surface area contributed by atoms with Gasteiger partial charge in [0.05, 0.1) is 18.4 Å². The molecule has 0 bridgehead atoms. The number of alkyl halides is 2. The predicted molar refractivity (Wildman–Crippen MR) is 65.6 cm³/mol. The zero-order valence-corrected chi connectivity index (χ0v) is 11.0. The molecular formula is C10H14BrF2N3O. The number of aromatic nitrogens is 2. The summed E-state index contributed by atoms with van der Waals surface area (Å²) in [5.41, 5.74) is -0.0132. The van der Waals surface area contributed by atoms with Gasteiger partial charge in [0.15, 0.2) is 0 Å². The molecule has 0 amide bonds. The summed E-state index contributed by atoms with van der Waals surface area (Å²) in [6.45, 7) is 2.04. The van der Waals surface area contributed by atoms with Crippen molar-refractivity contribution in [1.29, 1.82) is 0 Å². The minimum atomic E-state index is -2.47. The molecule has 1 N–H and O–H groups in total. The van der Waals surface area contributed by atoms with Crippen LogP contribution in [0.4, 0.5) is 14.5 Å². The van der Waals surface area contributed by atoms with Crippen LogP contribution in [0.5, 0.6) is 0 Å². The molecule has 1 aromatic rings. The number of hydrogen-bond donors (Lipinski definition) is 1. The normalized spacial score (nSPS) is 10.9. The van der Waals surface area contributed by atoms with Crippen LogP contribution in [-0.2, 0) is 6.54 Å². The SMILES string of the molecule is CCCCn1ncc(NCC(F)F)c(Br)c1=O. The van der Waals surface area contributed by atoms with Crippen molar-refractivity contribution < 1.29 is 8.78 Å². The first kappa shape index (κ1) is 14.1. The number of nitrogens with one attached hydrogen (secondary N) is 1. The van der Waals surface area contributed by atoms with Crippen LogP contribution in [0.3, 0.4) is 0 Å². The van der Waals surface area contributed by atoms with E-state index in [9.17, 15) is 13.6 Å². The third-order valence-corrected chi connectivity index (χ3v) is 2.92. The van der Waals surface area contributed by atoms with Gasteiger partial charge in [0.2, 0.25) is 0 Å². The van der Waals surface area contributed by atoms with E-state index in [1.54, 1.807) is 0 Å². The second-order valence-corrected chi connectivity index (χ2v) is 4.32. The third-order valence-electron chi connectivity index (χ3n) is 2.16. The molecule has 17 heavy (non-hydrogen) atoms. The van der Waals surface area contributed by atoms with Gasteiger partial charge in [0.1, 0.15) is 4.47 Å². The summed E-state index contributed by atoms with van der Waals surface area (Å²) < 4.78 is 25.6. The maximum atomic E-state index is 12.0. The Morgan fingerprint density at radius 2 is 2.29 bits per heavy atom. The number of anilines is 1. The molecule has 7 heteroatoms. The minimum absolute atomic E-state index is 0.240. The van der Waals surface area contributed by atoms with Gasteiger partial charge >= 0.3 is 0 Å². The van der Waals surface area contributed by atoms with Crippen LogP contribution in [0.2, 0.25) is 0 Å². The van der Waals surface area contributed by atoms with E-state index in [0.29, 0.717) is 12.2 Å². The van der Waals surface area contributed by atoms with Crippen LogP contribution >= 0.6 is 15.9 Å². The first-order valence-corrected chi connectivity index (χ1v) is 6.13. The maximum absolute atomic E-state index is 12.0. The molecule has 0 aliphatic heterocycles. The van der Waals surface area contributed by atoms with Crippen molar-refractivity contribution in [2.75, 3.05) is 11.9 Å². The lowest BCUT2D eigenvalue weighted by Gasteiger charge is -2.09. The summed E-state index contributed by atoms with van der Waals surface area (Å²) in [6, 6.07) is 0. The minimum Gasteiger partial charge on any atom is -0.377 e. The van der Waals surface area contributed by atoms with Gasteiger partial charge in [-0.3, -0.25) is 4.79 Å². The Balaban J connectivity index is 2.83. The molecule has 1 heterocycles. The lowest BCUT2D eigenvalue weighted by molar-refractivity contribution is 0.163. The van der Waals surface area contributed by atoms with Crippen LogP contribution in [0.1, 0.15) is 19.8 Å². The van der Waals surface area contributed by atoms with Gasteiger partial charge in [-0.2, -0.15) is 5.10 Å². The van der Waals surface area contributed by atoms with E-state index in [1.165, 1.54) is 10.9 Å². The van der Waals surface area contributed by atoms with Gasteiger partial charge in [0.25, 0.3) is 12.0 Å².